The quantitative estimate of drug-likeness (QED) is 0.748. The molecule has 7 nitrogen and oxygen atoms in total. The SMILES string of the molecule is CCCOc1ncnc(N(CC)CC(=O)NC(C)C)c1N. The number of carbonyl (C=O) groups is 1. The topological polar surface area (TPSA) is 93.4 Å². The summed E-state index contributed by atoms with van der Waals surface area (Å²) in [4.78, 5) is 21.9. The van der Waals surface area contributed by atoms with Crippen molar-refractivity contribution in [3.8, 4) is 5.88 Å². The molecule has 0 aliphatic rings. The van der Waals surface area contributed by atoms with Gasteiger partial charge in [-0.1, -0.05) is 6.92 Å². The van der Waals surface area contributed by atoms with Crippen LogP contribution in [0.1, 0.15) is 34.1 Å². The number of nitrogens with one attached hydrogen (secondary N) is 1. The van der Waals surface area contributed by atoms with Crippen molar-refractivity contribution in [1.82, 2.24) is 15.3 Å². The van der Waals surface area contributed by atoms with E-state index in [1.807, 2.05) is 27.7 Å². The number of anilines is 2. The first-order valence-electron chi connectivity index (χ1n) is 7.27. The van der Waals surface area contributed by atoms with Gasteiger partial charge in [0, 0.05) is 12.6 Å². The monoisotopic (exact) mass is 295 g/mol. The molecule has 0 aliphatic heterocycles. The Balaban J connectivity index is 2.87. The van der Waals surface area contributed by atoms with Crippen LogP contribution in [-0.2, 0) is 4.79 Å². The van der Waals surface area contributed by atoms with Gasteiger partial charge in [0.1, 0.15) is 12.0 Å². The fraction of sp³-hybridized carbons (Fsp3) is 0.643. The van der Waals surface area contributed by atoms with E-state index < -0.39 is 0 Å². The minimum atomic E-state index is -0.0686. The zero-order valence-corrected chi connectivity index (χ0v) is 13.2. The van der Waals surface area contributed by atoms with Crippen LogP contribution in [0.2, 0.25) is 0 Å². The highest BCUT2D eigenvalue weighted by molar-refractivity contribution is 5.82. The predicted octanol–water partition coefficient (Wildman–Crippen LogP) is 1.20. The van der Waals surface area contributed by atoms with E-state index in [1.54, 1.807) is 4.90 Å². The van der Waals surface area contributed by atoms with E-state index >= 15 is 0 Å². The molecule has 0 aromatic carbocycles. The number of likely N-dealkylation sites (N-methyl/N-ethyl adjacent to an activating group) is 1. The number of ether oxygens (including phenoxy) is 1. The number of nitrogen functional groups attached to an aromatic ring is 1. The lowest BCUT2D eigenvalue weighted by Crippen LogP contribution is -2.40. The van der Waals surface area contributed by atoms with Gasteiger partial charge in [0.2, 0.25) is 11.8 Å². The van der Waals surface area contributed by atoms with Crippen molar-refractivity contribution in [3.63, 3.8) is 0 Å². The standard InChI is InChI=1S/C14H25N5O2/c1-5-7-21-14-12(15)13(16-9-17-14)19(6-2)8-11(20)18-10(3)4/h9-10H,5-8,15H2,1-4H3,(H,18,20). The Kier molecular flexibility index (Phi) is 6.71. The molecule has 0 atom stereocenters. The van der Waals surface area contributed by atoms with Crippen molar-refractivity contribution in [2.75, 3.05) is 30.3 Å². The van der Waals surface area contributed by atoms with Crippen molar-refractivity contribution in [3.05, 3.63) is 6.33 Å². The number of carbonyl (C=O) groups excluding carboxylic acids is 1. The van der Waals surface area contributed by atoms with Gasteiger partial charge < -0.3 is 20.7 Å². The van der Waals surface area contributed by atoms with Gasteiger partial charge in [0.25, 0.3) is 0 Å². The molecule has 0 saturated heterocycles. The molecule has 1 rings (SSSR count). The Morgan fingerprint density at radius 1 is 1.43 bits per heavy atom. The average molecular weight is 295 g/mol. The largest absolute Gasteiger partial charge is 0.476 e. The van der Waals surface area contributed by atoms with Gasteiger partial charge in [-0.15, -0.1) is 0 Å². The van der Waals surface area contributed by atoms with Crippen LogP contribution in [0, 0.1) is 0 Å². The van der Waals surface area contributed by atoms with Gasteiger partial charge in [-0.25, -0.2) is 4.98 Å². The lowest BCUT2D eigenvalue weighted by atomic mass is 10.3. The van der Waals surface area contributed by atoms with E-state index in [4.69, 9.17) is 10.5 Å². The van der Waals surface area contributed by atoms with Crippen LogP contribution in [-0.4, -0.2) is 41.6 Å². The molecule has 1 amide bonds. The maximum Gasteiger partial charge on any atom is 0.242 e. The number of rotatable bonds is 8. The minimum Gasteiger partial charge on any atom is -0.476 e. The van der Waals surface area contributed by atoms with Crippen molar-refractivity contribution in [2.24, 2.45) is 0 Å². The zero-order chi connectivity index (χ0) is 15.8. The van der Waals surface area contributed by atoms with Crippen LogP contribution in [0.5, 0.6) is 5.88 Å². The molecular formula is C14H25N5O2. The molecule has 21 heavy (non-hydrogen) atoms. The lowest BCUT2D eigenvalue weighted by molar-refractivity contribution is -0.120. The first-order chi connectivity index (χ1) is 9.99. The van der Waals surface area contributed by atoms with Crippen molar-refractivity contribution >= 4 is 17.4 Å². The molecule has 0 fully saturated rings. The van der Waals surface area contributed by atoms with Gasteiger partial charge in [0.15, 0.2) is 5.82 Å². The lowest BCUT2D eigenvalue weighted by Gasteiger charge is -2.23. The Bertz CT molecular complexity index is 465. The molecule has 0 spiro atoms. The Hall–Kier alpha value is -2.05. The highest BCUT2D eigenvalue weighted by atomic mass is 16.5. The van der Waals surface area contributed by atoms with Crippen LogP contribution in [0.3, 0.4) is 0 Å². The first kappa shape index (κ1) is 17.0. The van der Waals surface area contributed by atoms with Gasteiger partial charge in [-0.2, -0.15) is 4.98 Å². The van der Waals surface area contributed by atoms with Gasteiger partial charge in [0.05, 0.1) is 13.2 Å². The summed E-state index contributed by atoms with van der Waals surface area (Å²) >= 11 is 0. The van der Waals surface area contributed by atoms with Crippen molar-refractivity contribution in [2.45, 2.75) is 40.2 Å². The van der Waals surface area contributed by atoms with E-state index in [0.717, 1.165) is 6.42 Å². The summed E-state index contributed by atoms with van der Waals surface area (Å²) in [6.45, 7) is 9.14. The molecule has 0 bridgehead atoms. The van der Waals surface area contributed by atoms with E-state index in [-0.39, 0.29) is 18.5 Å². The van der Waals surface area contributed by atoms with Crippen LogP contribution in [0.15, 0.2) is 6.33 Å². The highest BCUT2D eigenvalue weighted by Crippen LogP contribution is 2.27. The summed E-state index contributed by atoms with van der Waals surface area (Å²) in [6, 6.07) is 0.0994. The number of hydrogen-bond acceptors (Lipinski definition) is 6. The van der Waals surface area contributed by atoms with Gasteiger partial charge >= 0.3 is 0 Å². The fourth-order valence-corrected chi connectivity index (χ4v) is 1.81. The molecule has 1 aromatic heterocycles. The van der Waals surface area contributed by atoms with E-state index in [9.17, 15) is 4.79 Å². The van der Waals surface area contributed by atoms with E-state index in [0.29, 0.717) is 30.5 Å². The van der Waals surface area contributed by atoms with Crippen LogP contribution >= 0.6 is 0 Å². The third-order valence-corrected chi connectivity index (χ3v) is 2.73. The molecule has 7 heteroatoms. The second-order valence-electron chi connectivity index (χ2n) is 5.00. The van der Waals surface area contributed by atoms with Crippen LogP contribution in [0.4, 0.5) is 11.5 Å². The molecule has 0 unspecified atom stereocenters. The zero-order valence-electron chi connectivity index (χ0n) is 13.2. The summed E-state index contributed by atoms with van der Waals surface area (Å²) < 4.78 is 5.49. The highest BCUT2D eigenvalue weighted by Gasteiger charge is 2.17. The third kappa shape index (κ3) is 5.09. The molecular weight excluding hydrogens is 270 g/mol. The maximum atomic E-state index is 11.9. The second kappa shape index (κ2) is 8.28. The summed E-state index contributed by atoms with van der Waals surface area (Å²) in [6.07, 6.45) is 2.27. The molecule has 0 aliphatic carbocycles. The normalized spacial score (nSPS) is 10.5. The predicted molar refractivity (Wildman–Crippen MR) is 83.4 cm³/mol. The Morgan fingerprint density at radius 3 is 2.71 bits per heavy atom. The molecule has 1 aromatic rings. The summed E-state index contributed by atoms with van der Waals surface area (Å²) in [5.74, 6) is 0.822. The van der Waals surface area contributed by atoms with Gasteiger partial charge in [-0.3, -0.25) is 4.79 Å². The second-order valence-corrected chi connectivity index (χ2v) is 5.00. The number of hydrogen-bond donors (Lipinski definition) is 2. The first-order valence-corrected chi connectivity index (χ1v) is 7.27. The maximum absolute atomic E-state index is 11.9. The molecule has 118 valence electrons. The van der Waals surface area contributed by atoms with Crippen molar-refractivity contribution in [1.29, 1.82) is 0 Å². The van der Waals surface area contributed by atoms with Gasteiger partial charge in [-0.05, 0) is 27.2 Å². The smallest absolute Gasteiger partial charge is 0.242 e. The third-order valence-electron chi connectivity index (χ3n) is 2.73. The molecule has 1 heterocycles. The number of aromatic nitrogens is 2. The summed E-state index contributed by atoms with van der Waals surface area (Å²) in [5, 5.41) is 2.85. The Labute approximate surface area is 125 Å². The van der Waals surface area contributed by atoms with E-state index in [2.05, 4.69) is 15.3 Å². The van der Waals surface area contributed by atoms with Crippen molar-refractivity contribution < 1.29 is 9.53 Å². The number of amides is 1. The van der Waals surface area contributed by atoms with Crippen LogP contribution < -0.4 is 20.7 Å². The van der Waals surface area contributed by atoms with E-state index in [1.165, 1.54) is 6.33 Å². The molecule has 0 radical (unpaired) electrons. The Morgan fingerprint density at radius 2 is 2.14 bits per heavy atom. The number of nitrogens with zero attached hydrogens (tertiary/aromatic N) is 3. The fourth-order valence-electron chi connectivity index (χ4n) is 1.81. The summed E-state index contributed by atoms with van der Waals surface area (Å²) in [5.41, 5.74) is 6.42. The van der Waals surface area contributed by atoms with Crippen LogP contribution in [0.25, 0.3) is 0 Å². The summed E-state index contributed by atoms with van der Waals surface area (Å²) in [7, 11) is 0. The average Bonchev–Trinajstić information content (AvgIpc) is 2.43. The number of nitrogens with two attached hydrogens (primary N) is 1. The molecule has 0 saturated carbocycles. The minimum absolute atomic E-state index is 0.0686. The molecule has 3 N–H and O–H groups in total.